The minimum atomic E-state index is -1.17. The first-order valence-electron chi connectivity index (χ1n) is 20.8. The molecular formula is C44H74O10. The molecule has 10 nitrogen and oxygen atoms in total. The van der Waals surface area contributed by atoms with Gasteiger partial charge in [0.1, 0.15) is 11.9 Å². The van der Waals surface area contributed by atoms with Crippen LogP contribution in [-0.2, 0) is 23.8 Å². The van der Waals surface area contributed by atoms with Gasteiger partial charge in [0.25, 0.3) is 0 Å². The molecule has 18 unspecified atom stereocenters. The van der Waals surface area contributed by atoms with Crippen molar-refractivity contribution in [3.63, 3.8) is 0 Å². The molecule has 3 rings (SSSR count). The average molecular weight is 763 g/mol. The van der Waals surface area contributed by atoms with Gasteiger partial charge in [-0.3, -0.25) is 4.79 Å². The minimum Gasteiger partial charge on any atom is -0.458 e. The molecule has 2 saturated heterocycles. The predicted molar refractivity (Wildman–Crippen MR) is 210 cm³/mol. The van der Waals surface area contributed by atoms with Crippen LogP contribution in [0.15, 0.2) is 36.5 Å². The van der Waals surface area contributed by atoms with Crippen LogP contribution in [0.25, 0.3) is 0 Å². The molecule has 0 amide bonds. The summed E-state index contributed by atoms with van der Waals surface area (Å²) in [6.07, 6.45) is 10.2. The maximum Gasteiger partial charge on any atom is 0.330 e. The van der Waals surface area contributed by atoms with Crippen molar-refractivity contribution in [1.82, 2.24) is 0 Å². The number of ether oxygens (including phenoxy) is 3. The van der Waals surface area contributed by atoms with E-state index in [2.05, 4.69) is 26.8 Å². The molecule has 54 heavy (non-hydrogen) atoms. The van der Waals surface area contributed by atoms with Gasteiger partial charge in [-0.25, -0.2) is 4.79 Å². The number of carbonyl (C=O) groups excluding carboxylic acids is 2. The highest BCUT2D eigenvalue weighted by atomic mass is 16.7. The summed E-state index contributed by atoms with van der Waals surface area (Å²) in [7, 11) is 0. The highest BCUT2D eigenvalue weighted by Crippen LogP contribution is 2.49. The molecule has 18 atom stereocenters. The predicted octanol–water partition coefficient (Wildman–Crippen LogP) is 6.31. The number of ketones is 1. The van der Waals surface area contributed by atoms with Crippen LogP contribution in [-0.4, -0.2) is 91.9 Å². The van der Waals surface area contributed by atoms with Crippen molar-refractivity contribution in [3.05, 3.63) is 36.5 Å². The summed E-state index contributed by atoms with van der Waals surface area (Å²) in [4.78, 5) is 26.6. The van der Waals surface area contributed by atoms with E-state index < -0.39 is 72.1 Å². The van der Waals surface area contributed by atoms with Crippen LogP contribution in [0.2, 0.25) is 0 Å². The lowest BCUT2D eigenvalue weighted by Gasteiger charge is -2.55. The van der Waals surface area contributed by atoms with Crippen LogP contribution in [0.1, 0.15) is 121 Å². The van der Waals surface area contributed by atoms with Crippen molar-refractivity contribution in [2.45, 2.75) is 175 Å². The van der Waals surface area contributed by atoms with Crippen LogP contribution in [0, 0.1) is 53.3 Å². The molecule has 3 heterocycles. The molecule has 310 valence electrons. The fourth-order valence-electron chi connectivity index (χ4n) is 8.72. The van der Waals surface area contributed by atoms with Gasteiger partial charge in [-0.15, -0.1) is 0 Å². The summed E-state index contributed by atoms with van der Waals surface area (Å²) in [6.45, 7) is 18.8. The monoisotopic (exact) mass is 763 g/mol. The Morgan fingerprint density at radius 3 is 2.15 bits per heavy atom. The second-order valence-electron chi connectivity index (χ2n) is 17.5. The summed E-state index contributed by atoms with van der Waals surface area (Å²) in [5.41, 5.74) is 0. The summed E-state index contributed by atoms with van der Waals surface area (Å²) >= 11 is 0. The van der Waals surface area contributed by atoms with E-state index in [1.807, 2.05) is 32.1 Å². The third-order valence-corrected chi connectivity index (χ3v) is 13.2. The molecule has 0 aromatic rings. The molecule has 0 aromatic heterocycles. The Morgan fingerprint density at radius 2 is 1.50 bits per heavy atom. The number of carbonyl (C=O) groups is 2. The number of aliphatic hydroxyl groups excluding tert-OH is 5. The van der Waals surface area contributed by atoms with Gasteiger partial charge in [0, 0.05) is 54.4 Å². The normalized spacial score (nSPS) is 46.6. The van der Waals surface area contributed by atoms with Crippen molar-refractivity contribution >= 4 is 11.8 Å². The summed E-state index contributed by atoms with van der Waals surface area (Å²) in [5, 5.41) is 54.6. The smallest absolute Gasteiger partial charge is 0.330 e. The van der Waals surface area contributed by atoms with Gasteiger partial charge in [0.2, 0.25) is 0 Å². The van der Waals surface area contributed by atoms with E-state index in [0.29, 0.717) is 19.3 Å². The zero-order valence-electron chi connectivity index (χ0n) is 34.7. The maximum absolute atomic E-state index is 13.5. The number of esters is 1. The summed E-state index contributed by atoms with van der Waals surface area (Å²) in [6, 6.07) is 0. The zero-order chi connectivity index (χ0) is 40.5. The average Bonchev–Trinajstić information content (AvgIpc) is 3.14. The SMILES string of the molecule is CCC1/C=C/C=C/CC(C)C(O)C(C)C(=O)CC(O)C(C)C(O)C(C)C(O)C(C)/C=C/C(=O)OC2C(C)C(CC1)OC1(CCC(C)C(CC(C)O)O1)C2C. The molecule has 2 fully saturated rings. The quantitative estimate of drug-likeness (QED) is 0.206. The lowest BCUT2D eigenvalue weighted by molar-refractivity contribution is -0.371. The van der Waals surface area contributed by atoms with E-state index in [-0.39, 0.29) is 54.0 Å². The van der Waals surface area contributed by atoms with Crippen molar-refractivity contribution in [2.75, 3.05) is 0 Å². The number of allylic oxidation sites excluding steroid dienone is 4. The van der Waals surface area contributed by atoms with Gasteiger partial charge in [0.05, 0.1) is 42.7 Å². The highest BCUT2D eigenvalue weighted by molar-refractivity contribution is 5.82. The third kappa shape index (κ3) is 12.0. The fourth-order valence-corrected chi connectivity index (χ4v) is 8.72. The first-order chi connectivity index (χ1) is 25.3. The van der Waals surface area contributed by atoms with Crippen molar-refractivity contribution in [1.29, 1.82) is 0 Å². The van der Waals surface area contributed by atoms with Crippen LogP contribution >= 0.6 is 0 Å². The molecule has 2 bridgehead atoms. The van der Waals surface area contributed by atoms with E-state index in [0.717, 1.165) is 25.7 Å². The highest BCUT2D eigenvalue weighted by Gasteiger charge is 2.56. The molecule has 0 aliphatic carbocycles. The van der Waals surface area contributed by atoms with Crippen molar-refractivity contribution < 1.29 is 49.3 Å². The largest absolute Gasteiger partial charge is 0.458 e. The fraction of sp³-hybridized carbons (Fsp3) is 0.818. The van der Waals surface area contributed by atoms with Crippen molar-refractivity contribution in [3.8, 4) is 0 Å². The minimum absolute atomic E-state index is 0.130. The summed E-state index contributed by atoms with van der Waals surface area (Å²) < 4.78 is 20.0. The number of aliphatic hydroxyl groups is 5. The van der Waals surface area contributed by atoms with Gasteiger partial charge in [-0.1, -0.05) is 92.7 Å². The topological polar surface area (TPSA) is 163 Å². The lowest BCUT2D eigenvalue weighted by Crippen LogP contribution is -2.62. The molecule has 0 saturated carbocycles. The third-order valence-electron chi connectivity index (χ3n) is 13.2. The zero-order valence-corrected chi connectivity index (χ0v) is 34.7. The number of Topliss-reactive ketones (excluding diaryl/α,β-unsaturated/α-hetero) is 1. The van der Waals surface area contributed by atoms with Crippen LogP contribution in [0.3, 0.4) is 0 Å². The molecule has 3 aliphatic heterocycles. The summed E-state index contributed by atoms with van der Waals surface area (Å²) in [5.74, 6) is -4.54. The molecule has 0 aromatic carbocycles. The Bertz CT molecular complexity index is 1260. The number of fused-ring (bicyclic) bond motifs is 2. The number of rotatable bonds is 3. The molecule has 10 heteroatoms. The molecule has 1 spiro atoms. The molecule has 0 radical (unpaired) electrons. The first-order valence-corrected chi connectivity index (χ1v) is 20.8. The van der Waals surface area contributed by atoms with E-state index in [9.17, 15) is 35.1 Å². The van der Waals surface area contributed by atoms with Gasteiger partial charge in [0.15, 0.2) is 5.79 Å². The van der Waals surface area contributed by atoms with E-state index >= 15 is 0 Å². The number of hydrogen-bond acceptors (Lipinski definition) is 10. The van der Waals surface area contributed by atoms with Crippen molar-refractivity contribution in [2.24, 2.45) is 53.3 Å². The lowest BCUT2D eigenvalue weighted by atomic mass is 9.74. The Hall–Kier alpha value is -1.92. The standard InChI is InChI=1S/C44H74O10/c1-11-34-16-14-12-13-15-26(3)40(49)29(6)35(46)24-36(47)30(7)42(51)32(9)41(50)27(4)17-20-39(48)52-43-31(8)37(19-18-34)53-44(33(43)10)22-21-25(2)38(54-44)23-28(5)45/h12-14,16-17,20,25-34,36-38,40-43,45,47,49-51H,11,15,18-19,21-24H2,1-10H3/b13-12+,16-14+,20-17+. The molecular weight excluding hydrogens is 688 g/mol. The van der Waals surface area contributed by atoms with E-state index in [4.69, 9.17) is 14.2 Å². The Balaban J connectivity index is 1.94. The maximum atomic E-state index is 13.5. The van der Waals surface area contributed by atoms with Gasteiger partial charge in [-0.2, -0.15) is 0 Å². The number of hydrogen-bond donors (Lipinski definition) is 5. The molecule has 5 N–H and O–H groups in total. The van der Waals surface area contributed by atoms with Crippen LogP contribution in [0.5, 0.6) is 0 Å². The van der Waals surface area contributed by atoms with Gasteiger partial charge < -0.3 is 39.7 Å². The Labute approximate surface area is 325 Å². The second kappa shape index (κ2) is 21.0. The van der Waals surface area contributed by atoms with Gasteiger partial charge in [-0.05, 0) is 63.2 Å². The van der Waals surface area contributed by atoms with Gasteiger partial charge >= 0.3 is 5.97 Å². The molecule has 3 aliphatic rings. The Kier molecular flexibility index (Phi) is 18.1. The first kappa shape index (κ1) is 46.5. The van der Waals surface area contributed by atoms with Crippen LogP contribution in [0.4, 0.5) is 0 Å². The van der Waals surface area contributed by atoms with E-state index in [1.54, 1.807) is 40.7 Å². The second-order valence-corrected chi connectivity index (χ2v) is 17.5. The van der Waals surface area contributed by atoms with Crippen LogP contribution < -0.4 is 0 Å². The Morgan fingerprint density at radius 1 is 0.815 bits per heavy atom. The van der Waals surface area contributed by atoms with E-state index in [1.165, 1.54) is 6.08 Å².